The number of hydrogen-bond donors (Lipinski definition) is 3. The summed E-state index contributed by atoms with van der Waals surface area (Å²) in [6.45, 7) is 0.597. The van der Waals surface area contributed by atoms with E-state index < -0.39 is 34.5 Å². The molecule has 13 nitrogen and oxygen atoms in total. The zero-order valence-electron chi connectivity index (χ0n) is 23.5. The van der Waals surface area contributed by atoms with E-state index in [0.717, 1.165) is 17.4 Å². The molecule has 0 spiro atoms. The molecule has 4 aromatic heterocycles. The van der Waals surface area contributed by atoms with Crippen molar-refractivity contribution >= 4 is 50.2 Å². The monoisotopic (exact) mass is 640 g/mol. The van der Waals surface area contributed by atoms with Crippen molar-refractivity contribution in [2.24, 2.45) is 0 Å². The van der Waals surface area contributed by atoms with Crippen LogP contribution in [0, 0.1) is 6.92 Å². The van der Waals surface area contributed by atoms with Crippen LogP contribution in [-0.4, -0.2) is 69.2 Å². The number of anilines is 3. The molecule has 5 rings (SSSR count). The number of rotatable bonds is 9. The van der Waals surface area contributed by atoms with Crippen LogP contribution in [0.4, 0.5) is 30.5 Å². The average molecular weight is 641 g/mol. The highest BCUT2D eigenvalue weighted by atomic mass is 32.2. The summed E-state index contributed by atoms with van der Waals surface area (Å²) in [5.74, 6) is -2.61. The van der Waals surface area contributed by atoms with Gasteiger partial charge in [-0.15, -0.1) is 0 Å². The first-order valence-corrected chi connectivity index (χ1v) is 14.9. The van der Waals surface area contributed by atoms with Crippen molar-refractivity contribution in [3.05, 3.63) is 78.1 Å². The number of alkyl halides is 3. The predicted molar refractivity (Wildman–Crippen MR) is 155 cm³/mol. The molecule has 232 valence electrons. The van der Waals surface area contributed by atoms with Crippen molar-refractivity contribution in [2.75, 3.05) is 23.5 Å². The second kappa shape index (κ2) is 12.3. The molecule has 0 aliphatic rings. The number of benzene rings is 1. The molecule has 0 radical (unpaired) electrons. The lowest BCUT2D eigenvalue weighted by atomic mass is 10.0. The quantitative estimate of drug-likeness (QED) is 0.199. The van der Waals surface area contributed by atoms with Crippen molar-refractivity contribution in [3.63, 3.8) is 0 Å². The number of ether oxygens (including phenoxy) is 1. The van der Waals surface area contributed by atoms with Gasteiger partial charge >= 0.3 is 12.1 Å². The zero-order valence-corrected chi connectivity index (χ0v) is 24.3. The Bertz CT molecular complexity index is 2000. The maximum Gasteiger partial charge on any atom is 0.490 e. The Morgan fingerprint density at radius 2 is 1.73 bits per heavy atom. The number of H-pyrrole nitrogens is 1. The Hall–Kier alpha value is -5.45. The molecule has 5 aromatic rings. The molecule has 4 heterocycles. The summed E-state index contributed by atoms with van der Waals surface area (Å²) in [4.78, 5) is 47.9. The van der Waals surface area contributed by atoms with E-state index in [2.05, 4.69) is 45.3 Å². The Balaban J connectivity index is 1.40. The SMILES string of the molecule is Cc1nc(-c2cc(Cc3ccc(S(C)(=O)=O)cc3)cnc2Nc2ccc(NC(=O)COC(=O)C(F)(F)F)nc2)c2nc[nH]c2n1. The van der Waals surface area contributed by atoms with Crippen molar-refractivity contribution in [1.29, 1.82) is 0 Å². The number of pyridine rings is 2. The number of halogens is 3. The van der Waals surface area contributed by atoms with Crippen LogP contribution in [0.25, 0.3) is 22.4 Å². The highest BCUT2D eigenvalue weighted by Crippen LogP contribution is 2.32. The van der Waals surface area contributed by atoms with E-state index in [1.807, 2.05) is 6.07 Å². The van der Waals surface area contributed by atoms with E-state index in [1.165, 1.54) is 18.6 Å². The Morgan fingerprint density at radius 1 is 0.978 bits per heavy atom. The first-order valence-electron chi connectivity index (χ1n) is 13.0. The molecular formula is C28H23F3N8O5S. The molecule has 0 aliphatic carbocycles. The van der Waals surface area contributed by atoms with Crippen LogP contribution in [0.5, 0.6) is 0 Å². The molecule has 45 heavy (non-hydrogen) atoms. The fourth-order valence-corrected chi connectivity index (χ4v) is 4.81. The summed E-state index contributed by atoms with van der Waals surface area (Å²) in [5, 5.41) is 5.40. The number of nitrogens with one attached hydrogen (secondary N) is 3. The lowest BCUT2D eigenvalue weighted by Gasteiger charge is -2.14. The third-order valence-electron chi connectivity index (χ3n) is 6.21. The number of amides is 1. The summed E-state index contributed by atoms with van der Waals surface area (Å²) in [5.41, 5.74) is 4.19. The van der Waals surface area contributed by atoms with Gasteiger partial charge in [-0.05, 0) is 54.8 Å². The zero-order chi connectivity index (χ0) is 32.4. The van der Waals surface area contributed by atoms with Crippen molar-refractivity contribution in [1.82, 2.24) is 29.9 Å². The minimum absolute atomic E-state index is 0.00341. The van der Waals surface area contributed by atoms with Crippen molar-refractivity contribution < 1.29 is 35.9 Å². The maximum absolute atomic E-state index is 12.3. The van der Waals surface area contributed by atoms with Crippen LogP contribution in [0.3, 0.4) is 0 Å². The van der Waals surface area contributed by atoms with Gasteiger partial charge in [-0.2, -0.15) is 13.2 Å². The number of aryl methyl sites for hydroxylation is 1. The number of sulfone groups is 1. The van der Waals surface area contributed by atoms with Crippen LogP contribution in [0.15, 0.2) is 66.1 Å². The fourth-order valence-electron chi connectivity index (χ4n) is 4.18. The van der Waals surface area contributed by atoms with E-state index in [4.69, 9.17) is 0 Å². The number of hydrogen-bond acceptors (Lipinski definition) is 11. The van der Waals surface area contributed by atoms with E-state index >= 15 is 0 Å². The number of aromatic nitrogens is 6. The first kappa shape index (κ1) is 31.0. The lowest BCUT2D eigenvalue weighted by Crippen LogP contribution is -2.29. The summed E-state index contributed by atoms with van der Waals surface area (Å²) < 4.78 is 64.4. The molecule has 0 unspecified atom stereocenters. The van der Waals surface area contributed by atoms with Gasteiger partial charge in [-0.1, -0.05) is 12.1 Å². The van der Waals surface area contributed by atoms with Gasteiger partial charge in [0.15, 0.2) is 22.1 Å². The van der Waals surface area contributed by atoms with Gasteiger partial charge in [0.2, 0.25) is 0 Å². The van der Waals surface area contributed by atoms with Gasteiger partial charge in [0.05, 0.1) is 23.1 Å². The van der Waals surface area contributed by atoms with Crippen LogP contribution in [0.2, 0.25) is 0 Å². The molecule has 0 fully saturated rings. The van der Waals surface area contributed by atoms with Gasteiger partial charge in [0.1, 0.15) is 28.7 Å². The summed E-state index contributed by atoms with van der Waals surface area (Å²) >= 11 is 0. The number of nitrogens with zero attached hydrogens (tertiary/aromatic N) is 5. The number of aromatic amines is 1. The van der Waals surface area contributed by atoms with E-state index in [9.17, 15) is 31.2 Å². The molecule has 17 heteroatoms. The third-order valence-corrected chi connectivity index (χ3v) is 7.34. The molecule has 1 aromatic carbocycles. The van der Waals surface area contributed by atoms with Gasteiger partial charge in [0.25, 0.3) is 5.91 Å². The Labute approximate surface area is 253 Å². The van der Waals surface area contributed by atoms with E-state index in [1.54, 1.807) is 43.5 Å². The van der Waals surface area contributed by atoms with Crippen molar-refractivity contribution in [3.8, 4) is 11.3 Å². The smallest absolute Gasteiger partial charge is 0.449 e. The standard InChI is InChI=1S/C28H23F3N8O5S/c1-15-36-23(24-26(37-15)35-14-34-24)20-10-17(9-16-3-6-19(7-4-16)45(2,42)43)11-33-25(20)38-18-5-8-21(32-12-18)39-22(40)13-44-27(41)28(29,30)31/h3-8,10-12,14H,9,13H2,1-2H3,(H,33,38)(H,32,39,40)(H,34,35,36,37). The molecule has 3 N–H and O–H groups in total. The highest BCUT2D eigenvalue weighted by Gasteiger charge is 2.41. The number of esters is 1. The lowest BCUT2D eigenvalue weighted by molar-refractivity contribution is -0.199. The van der Waals surface area contributed by atoms with E-state index in [-0.39, 0.29) is 10.7 Å². The summed E-state index contributed by atoms with van der Waals surface area (Å²) in [6, 6.07) is 11.4. The van der Waals surface area contributed by atoms with Crippen LogP contribution in [-0.2, 0) is 30.6 Å². The second-order valence-corrected chi connectivity index (χ2v) is 11.7. The number of carbonyl (C=O) groups is 2. The summed E-state index contributed by atoms with van der Waals surface area (Å²) in [6.07, 6.45) is 0.870. The highest BCUT2D eigenvalue weighted by molar-refractivity contribution is 7.90. The molecule has 0 bridgehead atoms. The average Bonchev–Trinajstić information content (AvgIpc) is 3.45. The van der Waals surface area contributed by atoms with Gasteiger partial charge in [-0.25, -0.2) is 38.1 Å². The first-order chi connectivity index (χ1) is 21.3. The van der Waals surface area contributed by atoms with Gasteiger partial charge in [0, 0.05) is 18.0 Å². The minimum atomic E-state index is -5.21. The molecule has 0 saturated heterocycles. The Kier molecular flexibility index (Phi) is 8.45. The number of carbonyl (C=O) groups excluding carboxylic acids is 2. The minimum Gasteiger partial charge on any atom is -0.449 e. The topological polar surface area (TPSA) is 182 Å². The predicted octanol–water partition coefficient (Wildman–Crippen LogP) is 3.90. The van der Waals surface area contributed by atoms with Gasteiger partial charge < -0.3 is 20.4 Å². The number of imidazole rings is 1. The third kappa shape index (κ3) is 7.56. The van der Waals surface area contributed by atoms with Gasteiger partial charge in [-0.3, -0.25) is 4.79 Å². The van der Waals surface area contributed by atoms with Crippen LogP contribution in [0.1, 0.15) is 17.0 Å². The van der Waals surface area contributed by atoms with Crippen LogP contribution < -0.4 is 10.6 Å². The summed E-state index contributed by atoms with van der Waals surface area (Å²) in [7, 11) is -3.34. The normalized spacial score (nSPS) is 11.8. The molecular weight excluding hydrogens is 617 g/mol. The molecule has 0 aliphatic heterocycles. The van der Waals surface area contributed by atoms with E-state index in [0.29, 0.717) is 46.2 Å². The van der Waals surface area contributed by atoms with Crippen molar-refractivity contribution in [2.45, 2.75) is 24.4 Å². The number of fused-ring (bicyclic) bond motifs is 1. The fraction of sp³-hybridized carbons (Fsp3) is 0.179. The molecule has 0 atom stereocenters. The maximum atomic E-state index is 12.3. The molecule has 0 saturated carbocycles. The molecule has 1 amide bonds. The largest absolute Gasteiger partial charge is 0.490 e. The van der Waals surface area contributed by atoms with Crippen LogP contribution >= 0.6 is 0 Å². The Morgan fingerprint density at radius 3 is 2.40 bits per heavy atom. The second-order valence-electron chi connectivity index (χ2n) is 9.73.